The van der Waals surface area contributed by atoms with Crippen LogP contribution < -0.4 is 5.32 Å². The average Bonchev–Trinajstić information content (AvgIpc) is 2.69. The SMILES string of the molecule is O=C(Nc1ccc(CC2CCN(C3COC3)CC2)cc1)OCc1ccc(Cl)cc1. The molecule has 0 atom stereocenters. The zero-order valence-corrected chi connectivity index (χ0v) is 17.2. The van der Waals surface area contributed by atoms with E-state index < -0.39 is 6.09 Å². The van der Waals surface area contributed by atoms with Crippen LogP contribution in [0.5, 0.6) is 0 Å². The van der Waals surface area contributed by atoms with Crippen molar-refractivity contribution in [2.75, 3.05) is 31.6 Å². The molecule has 1 amide bonds. The van der Waals surface area contributed by atoms with Crippen LogP contribution in [0.1, 0.15) is 24.0 Å². The highest BCUT2D eigenvalue weighted by molar-refractivity contribution is 6.30. The Hall–Kier alpha value is -2.08. The third-order valence-corrected chi connectivity index (χ3v) is 6.05. The Balaban J connectivity index is 1.19. The molecule has 2 aliphatic rings. The summed E-state index contributed by atoms with van der Waals surface area (Å²) in [5, 5.41) is 3.44. The number of hydrogen-bond acceptors (Lipinski definition) is 4. The molecule has 5 nitrogen and oxygen atoms in total. The van der Waals surface area contributed by atoms with Gasteiger partial charge >= 0.3 is 6.09 Å². The van der Waals surface area contributed by atoms with Gasteiger partial charge in [-0.05, 0) is 73.7 Å². The Morgan fingerprint density at radius 3 is 2.31 bits per heavy atom. The molecule has 29 heavy (non-hydrogen) atoms. The van der Waals surface area contributed by atoms with Crippen molar-refractivity contribution in [2.24, 2.45) is 5.92 Å². The van der Waals surface area contributed by atoms with E-state index in [1.165, 1.54) is 31.5 Å². The molecule has 1 N–H and O–H groups in total. The van der Waals surface area contributed by atoms with Crippen molar-refractivity contribution >= 4 is 23.4 Å². The summed E-state index contributed by atoms with van der Waals surface area (Å²) >= 11 is 5.86. The predicted octanol–water partition coefficient (Wildman–Crippen LogP) is 4.74. The molecule has 0 aliphatic carbocycles. The largest absolute Gasteiger partial charge is 0.444 e. The van der Waals surface area contributed by atoms with Crippen molar-refractivity contribution < 1.29 is 14.3 Å². The summed E-state index contributed by atoms with van der Waals surface area (Å²) < 4.78 is 10.6. The summed E-state index contributed by atoms with van der Waals surface area (Å²) in [6.07, 6.45) is 3.12. The van der Waals surface area contributed by atoms with Crippen LogP contribution in [-0.2, 0) is 22.5 Å². The number of carbonyl (C=O) groups is 1. The fraction of sp³-hybridized carbons (Fsp3) is 0.435. The first kappa shape index (κ1) is 20.2. The Bertz CT molecular complexity index is 798. The van der Waals surface area contributed by atoms with E-state index in [0.29, 0.717) is 11.1 Å². The van der Waals surface area contributed by atoms with E-state index in [4.69, 9.17) is 21.1 Å². The quantitative estimate of drug-likeness (QED) is 0.741. The topological polar surface area (TPSA) is 50.8 Å². The average molecular weight is 415 g/mol. The number of carbonyl (C=O) groups excluding carboxylic acids is 1. The third-order valence-electron chi connectivity index (χ3n) is 5.79. The summed E-state index contributed by atoms with van der Waals surface area (Å²) in [6, 6.07) is 16.0. The van der Waals surface area contributed by atoms with Gasteiger partial charge in [0.05, 0.1) is 19.3 Å². The Morgan fingerprint density at radius 1 is 1.03 bits per heavy atom. The van der Waals surface area contributed by atoms with E-state index in [2.05, 4.69) is 22.3 Å². The highest BCUT2D eigenvalue weighted by Crippen LogP contribution is 2.25. The van der Waals surface area contributed by atoms with E-state index in [1.807, 2.05) is 24.3 Å². The number of nitrogens with one attached hydrogen (secondary N) is 1. The van der Waals surface area contributed by atoms with Crippen LogP contribution >= 0.6 is 11.6 Å². The number of piperidine rings is 1. The molecule has 0 radical (unpaired) electrons. The number of likely N-dealkylation sites (tertiary alicyclic amines) is 1. The monoisotopic (exact) mass is 414 g/mol. The fourth-order valence-electron chi connectivity index (χ4n) is 3.90. The van der Waals surface area contributed by atoms with Crippen molar-refractivity contribution in [1.29, 1.82) is 0 Å². The van der Waals surface area contributed by atoms with Crippen LogP contribution in [0.25, 0.3) is 0 Å². The predicted molar refractivity (Wildman–Crippen MR) is 114 cm³/mol. The first-order valence-corrected chi connectivity index (χ1v) is 10.6. The van der Waals surface area contributed by atoms with Gasteiger partial charge in [-0.1, -0.05) is 35.9 Å². The van der Waals surface area contributed by atoms with Crippen LogP contribution in [0.3, 0.4) is 0 Å². The Morgan fingerprint density at radius 2 is 1.69 bits per heavy atom. The van der Waals surface area contributed by atoms with Gasteiger partial charge in [0, 0.05) is 10.7 Å². The molecule has 6 heteroatoms. The van der Waals surface area contributed by atoms with Crippen LogP contribution in [0, 0.1) is 5.92 Å². The molecule has 154 valence electrons. The van der Waals surface area contributed by atoms with Crippen molar-refractivity contribution in [2.45, 2.75) is 31.9 Å². The molecule has 2 aliphatic heterocycles. The number of ether oxygens (including phenoxy) is 2. The van der Waals surface area contributed by atoms with Gasteiger partial charge in [-0.2, -0.15) is 0 Å². The van der Waals surface area contributed by atoms with Gasteiger partial charge in [0.15, 0.2) is 0 Å². The van der Waals surface area contributed by atoms with Gasteiger partial charge in [-0.15, -0.1) is 0 Å². The minimum absolute atomic E-state index is 0.215. The summed E-state index contributed by atoms with van der Waals surface area (Å²) in [6.45, 7) is 4.38. The highest BCUT2D eigenvalue weighted by Gasteiger charge is 2.29. The van der Waals surface area contributed by atoms with Crippen LogP contribution in [0.4, 0.5) is 10.5 Å². The number of rotatable bonds is 6. The molecule has 2 heterocycles. The molecule has 0 unspecified atom stereocenters. The van der Waals surface area contributed by atoms with Crippen molar-refractivity contribution in [3.63, 3.8) is 0 Å². The zero-order valence-electron chi connectivity index (χ0n) is 16.5. The maximum Gasteiger partial charge on any atom is 0.411 e. The van der Waals surface area contributed by atoms with E-state index in [1.54, 1.807) is 12.1 Å². The molecule has 2 aromatic rings. The minimum Gasteiger partial charge on any atom is -0.444 e. The maximum absolute atomic E-state index is 12.0. The molecule has 0 bridgehead atoms. The summed E-state index contributed by atoms with van der Waals surface area (Å²) in [5.74, 6) is 0.732. The maximum atomic E-state index is 12.0. The Labute approximate surface area is 176 Å². The molecule has 0 saturated carbocycles. The molecule has 4 rings (SSSR count). The molecule has 0 aromatic heterocycles. The molecule has 2 fully saturated rings. The van der Waals surface area contributed by atoms with Gasteiger partial charge in [0.25, 0.3) is 0 Å². The lowest BCUT2D eigenvalue weighted by Crippen LogP contribution is -2.51. The Kier molecular flexibility index (Phi) is 6.70. The molecule has 0 spiro atoms. The zero-order chi connectivity index (χ0) is 20.1. The summed E-state index contributed by atoms with van der Waals surface area (Å²) in [5.41, 5.74) is 2.96. The number of anilines is 1. The van der Waals surface area contributed by atoms with E-state index in [0.717, 1.165) is 36.8 Å². The van der Waals surface area contributed by atoms with Gasteiger partial charge in [-0.25, -0.2) is 4.79 Å². The lowest BCUT2D eigenvalue weighted by molar-refractivity contribution is -0.0737. The minimum atomic E-state index is -0.458. The number of nitrogens with zero attached hydrogens (tertiary/aromatic N) is 1. The van der Waals surface area contributed by atoms with Gasteiger partial charge in [0.1, 0.15) is 6.61 Å². The second-order valence-corrected chi connectivity index (χ2v) is 8.34. The van der Waals surface area contributed by atoms with Gasteiger partial charge < -0.3 is 9.47 Å². The van der Waals surface area contributed by atoms with Gasteiger partial charge in [0.2, 0.25) is 0 Å². The van der Waals surface area contributed by atoms with Crippen LogP contribution in [-0.4, -0.2) is 43.3 Å². The molecular weight excluding hydrogens is 388 g/mol. The van der Waals surface area contributed by atoms with Crippen molar-refractivity contribution in [3.05, 3.63) is 64.7 Å². The first-order valence-electron chi connectivity index (χ1n) is 10.2. The van der Waals surface area contributed by atoms with Gasteiger partial charge in [-0.3, -0.25) is 10.2 Å². The van der Waals surface area contributed by atoms with Crippen molar-refractivity contribution in [3.8, 4) is 0 Å². The van der Waals surface area contributed by atoms with Crippen molar-refractivity contribution in [1.82, 2.24) is 4.90 Å². The third kappa shape index (κ3) is 5.72. The lowest BCUT2D eigenvalue weighted by atomic mass is 9.89. The molecule has 2 saturated heterocycles. The summed E-state index contributed by atoms with van der Waals surface area (Å²) in [7, 11) is 0. The second-order valence-electron chi connectivity index (χ2n) is 7.90. The van der Waals surface area contributed by atoms with E-state index in [9.17, 15) is 4.79 Å². The van der Waals surface area contributed by atoms with Crippen LogP contribution in [0.2, 0.25) is 5.02 Å². The number of halogens is 1. The van der Waals surface area contributed by atoms with E-state index in [-0.39, 0.29) is 6.61 Å². The molecule has 2 aromatic carbocycles. The number of amides is 1. The van der Waals surface area contributed by atoms with E-state index >= 15 is 0 Å². The number of benzene rings is 2. The lowest BCUT2D eigenvalue weighted by Gasteiger charge is -2.41. The smallest absolute Gasteiger partial charge is 0.411 e. The highest BCUT2D eigenvalue weighted by atomic mass is 35.5. The second kappa shape index (κ2) is 9.61. The standard InChI is InChI=1S/C23H27ClN2O3/c24-20-5-1-19(2-6-20)14-29-23(27)25-21-7-3-17(4-8-21)13-18-9-11-26(12-10-18)22-15-28-16-22/h1-8,18,22H,9-16H2,(H,25,27). The first-order chi connectivity index (χ1) is 14.2. The summed E-state index contributed by atoms with van der Waals surface area (Å²) in [4.78, 5) is 14.6. The van der Waals surface area contributed by atoms with Crippen LogP contribution in [0.15, 0.2) is 48.5 Å². The fourth-order valence-corrected chi connectivity index (χ4v) is 4.02. The normalized spacial score (nSPS) is 18.2. The molecular formula is C23H27ClN2O3. The number of hydrogen-bond donors (Lipinski definition) is 1.